The SMILES string of the molecule is CCC(CC1CC1)Nc1c(F)c(F)c(F)c(F)c1F. The average Bonchev–Trinajstić information content (AvgIpc) is 3.21. The van der Waals surface area contributed by atoms with Crippen LogP contribution in [0.4, 0.5) is 27.6 Å². The Morgan fingerprint density at radius 1 is 0.947 bits per heavy atom. The zero-order valence-electron chi connectivity index (χ0n) is 10.4. The summed E-state index contributed by atoms with van der Waals surface area (Å²) in [6.07, 6.45) is 3.33. The van der Waals surface area contributed by atoms with E-state index in [1.165, 1.54) is 0 Å². The molecule has 1 aliphatic rings. The Hall–Kier alpha value is -1.33. The fourth-order valence-electron chi connectivity index (χ4n) is 2.02. The van der Waals surface area contributed by atoms with Gasteiger partial charge in [0.15, 0.2) is 23.3 Å². The second kappa shape index (κ2) is 5.35. The van der Waals surface area contributed by atoms with E-state index in [0.717, 1.165) is 12.8 Å². The summed E-state index contributed by atoms with van der Waals surface area (Å²) in [4.78, 5) is 0. The minimum absolute atomic E-state index is 0.291. The van der Waals surface area contributed by atoms with Gasteiger partial charge in [0, 0.05) is 6.04 Å². The standard InChI is InChI=1S/C13H14F5N/c1-2-7(5-6-3-4-6)19-13-11(17)9(15)8(14)10(16)12(13)18/h6-7,19H,2-5H2,1H3. The minimum atomic E-state index is -2.13. The van der Waals surface area contributed by atoms with E-state index in [-0.39, 0.29) is 6.04 Å². The topological polar surface area (TPSA) is 12.0 Å². The summed E-state index contributed by atoms with van der Waals surface area (Å²) in [5, 5.41) is 2.45. The summed E-state index contributed by atoms with van der Waals surface area (Å²) in [7, 11) is 0. The van der Waals surface area contributed by atoms with Crippen molar-refractivity contribution >= 4 is 5.69 Å². The molecule has 0 heterocycles. The Bertz CT molecular complexity index is 455. The molecule has 0 bridgehead atoms. The maximum atomic E-state index is 13.5. The number of hydrogen-bond donors (Lipinski definition) is 1. The summed E-state index contributed by atoms with van der Waals surface area (Å²) >= 11 is 0. The van der Waals surface area contributed by atoms with Crippen molar-refractivity contribution in [2.24, 2.45) is 5.92 Å². The maximum Gasteiger partial charge on any atom is 0.200 e. The number of rotatable bonds is 5. The van der Waals surface area contributed by atoms with Gasteiger partial charge in [-0.25, -0.2) is 22.0 Å². The van der Waals surface area contributed by atoms with E-state index in [9.17, 15) is 22.0 Å². The van der Waals surface area contributed by atoms with E-state index in [2.05, 4.69) is 5.32 Å². The third-order valence-electron chi connectivity index (χ3n) is 3.37. The van der Waals surface area contributed by atoms with Gasteiger partial charge >= 0.3 is 0 Å². The molecule has 2 rings (SSSR count). The normalized spacial score (nSPS) is 16.5. The lowest BCUT2D eigenvalue weighted by molar-refractivity contribution is 0.380. The fourth-order valence-corrected chi connectivity index (χ4v) is 2.02. The molecule has 106 valence electrons. The third-order valence-corrected chi connectivity index (χ3v) is 3.37. The summed E-state index contributed by atoms with van der Waals surface area (Å²) in [5.74, 6) is -9.07. The summed E-state index contributed by atoms with van der Waals surface area (Å²) in [6, 6.07) is -0.291. The quantitative estimate of drug-likeness (QED) is 0.479. The predicted octanol–water partition coefficient (Wildman–Crippen LogP) is 4.37. The molecule has 0 radical (unpaired) electrons. The van der Waals surface area contributed by atoms with E-state index in [1.54, 1.807) is 6.92 Å². The third kappa shape index (κ3) is 2.82. The van der Waals surface area contributed by atoms with Crippen molar-refractivity contribution in [3.8, 4) is 0 Å². The number of nitrogens with one attached hydrogen (secondary N) is 1. The molecular weight excluding hydrogens is 265 g/mol. The first-order chi connectivity index (χ1) is 8.95. The van der Waals surface area contributed by atoms with Crippen LogP contribution in [0, 0.1) is 35.0 Å². The molecule has 6 heteroatoms. The van der Waals surface area contributed by atoms with E-state index in [1.807, 2.05) is 0 Å². The highest BCUT2D eigenvalue weighted by Crippen LogP contribution is 2.36. The van der Waals surface area contributed by atoms with Crippen molar-refractivity contribution in [2.75, 3.05) is 5.32 Å². The van der Waals surface area contributed by atoms with Crippen LogP contribution in [0.3, 0.4) is 0 Å². The molecule has 0 saturated heterocycles. The Morgan fingerprint density at radius 2 is 1.42 bits per heavy atom. The smallest absolute Gasteiger partial charge is 0.200 e. The zero-order valence-corrected chi connectivity index (χ0v) is 10.4. The van der Waals surface area contributed by atoms with Crippen LogP contribution in [0.1, 0.15) is 32.6 Å². The van der Waals surface area contributed by atoms with Gasteiger partial charge in [-0.3, -0.25) is 0 Å². The Morgan fingerprint density at radius 3 is 1.84 bits per heavy atom. The fraction of sp³-hybridized carbons (Fsp3) is 0.538. The number of benzene rings is 1. The highest BCUT2D eigenvalue weighted by Gasteiger charge is 2.29. The molecule has 1 aromatic carbocycles. The van der Waals surface area contributed by atoms with Crippen LogP contribution in [0.5, 0.6) is 0 Å². The highest BCUT2D eigenvalue weighted by molar-refractivity contribution is 5.48. The van der Waals surface area contributed by atoms with Crippen molar-refractivity contribution in [3.05, 3.63) is 29.1 Å². The van der Waals surface area contributed by atoms with Crippen LogP contribution < -0.4 is 5.32 Å². The Kier molecular flexibility index (Phi) is 3.96. The lowest BCUT2D eigenvalue weighted by Gasteiger charge is -2.19. The Labute approximate surface area is 107 Å². The molecule has 1 saturated carbocycles. The molecule has 0 amide bonds. The van der Waals surface area contributed by atoms with E-state index in [4.69, 9.17) is 0 Å². The molecule has 19 heavy (non-hydrogen) atoms. The second-order valence-electron chi connectivity index (χ2n) is 4.87. The van der Waals surface area contributed by atoms with E-state index in [0.29, 0.717) is 18.8 Å². The molecule has 1 unspecified atom stereocenters. The molecule has 1 aliphatic carbocycles. The van der Waals surface area contributed by atoms with Gasteiger partial charge in [0.2, 0.25) is 5.82 Å². The molecule has 1 atom stereocenters. The van der Waals surface area contributed by atoms with Crippen LogP contribution in [-0.2, 0) is 0 Å². The van der Waals surface area contributed by atoms with E-state index >= 15 is 0 Å². The molecule has 1 aromatic rings. The van der Waals surface area contributed by atoms with Crippen LogP contribution in [-0.4, -0.2) is 6.04 Å². The van der Waals surface area contributed by atoms with Crippen LogP contribution in [0.25, 0.3) is 0 Å². The number of halogens is 5. The zero-order chi connectivity index (χ0) is 14.2. The first-order valence-electron chi connectivity index (χ1n) is 6.23. The van der Waals surface area contributed by atoms with Crippen molar-refractivity contribution in [3.63, 3.8) is 0 Å². The van der Waals surface area contributed by atoms with Crippen LogP contribution in [0.15, 0.2) is 0 Å². The highest BCUT2D eigenvalue weighted by atomic mass is 19.2. The van der Waals surface area contributed by atoms with E-state index < -0.39 is 34.8 Å². The molecule has 1 fully saturated rings. The van der Waals surface area contributed by atoms with Gasteiger partial charge in [-0.05, 0) is 18.8 Å². The average molecular weight is 279 g/mol. The van der Waals surface area contributed by atoms with Crippen molar-refractivity contribution in [1.29, 1.82) is 0 Å². The monoisotopic (exact) mass is 279 g/mol. The van der Waals surface area contributed by atoms with Gasteiger partial charge in [0.1, 0.15) is 5.69 Å². The molecule has 0 spiro atoms. The summed E-state index contributed by atoms with van der Waals surface area (Å²) < 4.78 is 65.9. The number of hydrogen-bond acceptors (Lipinski definition) is 1. The molecule has 0 aromatic heterocycles. The summed E-state index contributed by atoms with van der Waals surface area (Å²) in [5.41, 5.74) is -0.927. The predicted molar refractivity (Wildman–Crippen MR) is 61.3 cm³/mol. The van der Waals surface area contributed by atoms with Gasteiger partial charge in [-0.1, -0.05) is 19.8 Å². The van der Waals surface area contributed by atoms with Crippen LogP contribution in [0.2, 0.25) is 0 Å². The number of anilines is 1. The molecule has 1 N–H and O–H groups in total. The van der Waals surface area contributed by atoms with Gasteiger partial charge in [0.05, 0.1) is 0 Å². The van der Waals surface area contributed by atoms with Crippen molar-refractivity contribution in [1.82, 2.24) is 0 Å². The lowest BCUT2D eigenvalue weighted by atomic mass is 10.1. The van der Waals surface area contributed by atoms with Gasteiger partial charge < -0.3 is 5.32 Å². The first-order valence-corrected chi connectivity index (χ1v) is 6.23. The van der Waals surface area contributed by atoms with Gasteiger partial charge in [0.25, 0.3) is 0 Å². The molecular formula is C13H14F5N. The minimum Gasteiger partial charge on any atom is -0.377 e. The summed E-state index contributed by atoms with van der Waals surface area (Å²) in [6.45, 7) is 1.80. The molecule has 0 aliphatic heterocycles. The van der Waals surface area contributed by atoms with Gasteiger partial charge in [-0.2, -0.15) is 0 Å². The largest absolute Gasteiger partial charge is 0.377 e. The second-order valence-corrected chi connectivity index (χ2v) is 4.87. The maximum absolute atomic E-state index is 13.5. The lowest BCUT2D eigenvalue weighted by Crippen LogP contribution is -2.22. The molecule has 1 nitrogen and oxygen atoms in total. The van der Waals surface area contributed by atoms with Crippen LogP contribution >= 0.6 is 0 Å². The Balaban J connectivity index is 2.27. The first kappa shape index (κ1) is 14.1. The van der Waals surface area contributed by atoms with Crippen molar-refractivity contribution in [2.45, 2.75) is 38.6 Å². The van der Waals surface area contributed by atoms with Gasteiger partial charge in [-0.15, -0.1) is 0 Å². The van der Waals surface area contributed by atoms with Crippen molar-refractivity contribution < 1.29 is 22.0 Å².